The lowest BCUT2D eigenvalue weighted by Gasteiger charge is -2.10. The smallest absolute Gasteiger partial charge is 0.215 e. The predicted molar refractivity (Wildman–Crippen MR) is 79.2 cm³/mol. The molecular weight excluding hydrogens is 276 g/mol. The molecule has 112 valence electrons. The molecule has 5 nitrogen and oxygen atoms in total. The first kappa shape index (κ1) is 15.3. The molecule has 1 heterocycles. The monoisotopic (exact) mass is 298 g/mol. The van der Waals surface area contributed by atoms with Gasteiger partial charge in [-0.05, 0) is 49.5 Å². The number of methoxy groups -OCH3 is 1. The Hall–Kier alpha value is -1.11. The van der Waals surface area contributed by atoms with Gasteiger partial charge in [-0.2, -0.15) is 0 Å². The lowest BCUT2D eigenvalue weighted by Crippen LogP contribution is -2.27. The van der Waals surface area contributed by atoms with E-state index in [4.69, 9.17) is 4.74 Å². The zero-order valence-electron chi connectivity index (χ0n) is 11.8. The number of hydrogen-bond acceptors (Lipinski definition) is 4. The van der Waals surface area contributed by atoms with E-state index in [1.807, 2.05) is 0 Å². The van der Waals surface area contributed by atoms with Crippen molar-refractivity contribution in [2.75, 3.05) is 26.7 Å². The van der Waals surface area contributed by atoms with E-state index >= 15 is 0 Å². The van der Waals surface area contributed by atoms with E-state index in [1.54, 1.807) is 31.4 Å². The van der Waals surface area contributed by atoms with Gasteiger partial charge < -0.3 is 10.1 Å². The molecule has 20 heavy (non-hydrogen) atoms. The van der Waals surface area contributed by atoms with Crippen molar-refractivity contribution in [2.24, 2.45) is 5.92 Å². The predicted octanol–water partition coefficient (Wildman–Crippen LogP) is 1.11. The van der Waals surface area contributed by atoms with Gasteiger partial charge in [-0.15, -0.1) is 0 Å². The van der Waals surface area contributed by atoms with Crippen molar-refractivity contribution in [3.05, 3.63) is 29.8 Å². The zero-order chi connectivity index (χ0) is 14.4. The van der Waals surface area contributed by atoms with Crippen molar-refractivity contribution >= 4 is 10.0 Å². The molecule has 0 saturated carbocycles. The van der Waals surface area contributed by atoms with Crippen molar-refractivity contribution < 1.29 is 13.2 Å². The summed E-state index contributed by atoms with van der Waals surface area (Å²) in [5.41, 5.74) is 0.736. The molecule has 2 N–H and O–H groups in total. The molecule has 1 fully saturated rings. The van der Waals surface area contributed by atoms with E-state index in [1.165, 1.54) is 0 Å². The highest BCUT2D eigenvalue weighted by Crippen LogP contribution is 2.15. The van der Waals surface area contributed by atoms with Crippen molar-refractivity contribution in [1.29, 1.82) is 0 Å². The molecule has 0 radical (unpaired) electrons. The van der Waals surface area contributed by atoms with Gasteiger partial charge in [-0.25, -0.2) is 13.1 Å². The first-order chi connectivity index (χ1) is 9.59. The van der Waals surface area contributed by atoms with Crippen LogP contribution in [0.5, 0.6) is 5.75 Å². The first-order valence-electron chi connectivity index (χ1n) is 6.90. The van der Waals surface area contributed by atoms with Gasteiger partial charge >= 0.3 is 0 Å². The van der Waals surface area contributed by atoms with Crippen LogP contribution < -0.4 is 14.8 Å². The zero-order valence-corrected chi connectivity index (χ0v) is 12.6. The largest absolute Gasteiger partial charge is 0.497 e. The van der Waals surface area contributed by atoms with Gasteiger partial charge in [0.15, 0.2) is 0 Å². The summed E-state index contributed by atoms with van der Waals surface area (Å²) in [5.74, 6) is 1.26. The van der Waals surface area contributed by atoms with Crippen LogP contribution in [0.15, 0.2) is 24.3 Å². The maximum Gasteiger partial charge on any atom is 0.215 e. The lowest BCUT2D eigenvalue weighted by atomic mass is 10.1. The third-order valence-corrected chi connectivity index (χ3v) is 4.89. The molecule has 0 spiro atoms. The highest BCUT2D eigenvalue weighted by atomic mass is 32.2. The van der Waals surface area contributed by atoms with Gasteiger partial charge in [-0.3, -0.25) is 0 Å². The Morgan fingerprint density at radius 2 is 2.30 bits per heavy atom. The SMILES string of the molecule is COc1cccc(CS(=O)(=O)NCCC2CCNC2)c1. The standard InChI is InChI=1S/C14H22N2O3S/c1-19-14-4-2-3-13(9-14)11-20(17,18)16-8-6-12-5-7-15-10-12/h2-4,9,12,15-16H,5-8,10-11H2,1H3. The van der Waals surface area contributed by atoms with E-state index in [0.717, 1.165) is 31.5 Å². The average Bonchev–Trinajstić information content (AvgIpc) is 2.91. The van der Waals surface area contributed by atoms with Crippen molar-refractivity contribution in [3.8, 4) is 5.75 Å². The molecule has 1 atom stereocenters. The minimum absolute atomic E-state index is 0.00683. The van der Waals surface area contributed by atoms with Crippen LogP contribution in [-0.2, 0) is 15.8 Å². The highest BCUT2D eigenvalue weighted by molar-refractivity contribution is 7.88. The van der Waals surface area contributed by atoms with Crippen LogP contribution in [0, 0.1) is 5.92 Å². The summed E-state index contributed by atoms with van der Waals surface area (Å²) in [6.45, 7) is 2.55. The molecule has 1 unspecified atom stereocenters. The Morgan fingerprint density at radius 1 is 1.45 bits per heavy atom. The summed E-state index contributed by atoms with van der Waals surface area (Å²) >= 11 is 0. The first-order valence-corrected chi connectivity index (χ1v) is 8.55. The van der Waals surface area contributed by atoms with Gasteiger partial charge in [0, 0.05) is 6.54 Å². The minimum atomic E-state index is -3.28. The van der Waals surface area contributed by atoms with Gasteiger partial charge in [0.2, 0.25) is 10.0 Å². The summed E-state index contributed by atoms with van der Waals surface area (Å²) in [6, 6.07) is 7.15. The number of hydrogen-bond donors (Lipinski definition) is 2. The van der Waals surface area contributed by atoms with Crippen molar-refractivity contribution in [2.45, 2.75) is 18.6 Å². The third kappa shape index (κ3) is 4.77. The average molecular weight is 298 g/mol. The highest BCUT2D eigenvalue weighted by Gasteiger charge is 2.16. The quantitative estimate of drug-likeness (QED) is 0.791. The summed E-state index contributed by atoms with van der Waals surface area (Å²) in [7, 11) is -1.71. The van der Waals surface area contributed by atoms with E-state index in [2.05, 4.69) is 10.0 Å². The molecule has 0 amide bonds. The van der Waals surface area contributed by atoms with Crippen molar-refractivity contribution in [1.82, 2.24) is 10.0 Å². The second-order valence-electron chi connectivity index (χ2n) is 5.15. The molecule has 1 aliphatic heterocycles. The Labute approximate surface area is 120 Å². The van der Waals surface area contributed by atoms with E-state index in [-0.39, 0.29) is 5.75 Å². The fourth-order valence-corrected chi connectivity index (χ4v) is 3.56. The molecule has 1 aromatic carbocycles. The summed E-state index contributed by atoms with van der Waals surface area (Å²) in [4.78, 5) is 0. The molecule has 1 aromatic rings. The summed E-state index contributed by atoms with van der Waals surface area (Å²) in [6.07, 6.45) is 2.03. The lowest BCUT2D eigenvalue weighted by molar-refractivity contribution is 0.414. The molecular formula is C14H22N2O3S. The Bertz CT molecular complexity index is 525. The second kappa shape index (κ2) is 7.06. The molecule has 1 aliphatic rings. The van der Waals surface area contributed by atoms with Crippen molar-refractivity contribution in [3.63, 3.8) is 0 Å². The summed E-state index contributed by atoms with van der Waals surface area (Å²) in [5, 5.41) is 3.28. The number of benzene rings is 1. The Morgan fingerprint density at radius 3 is 3.00 bits per heavy atom. The van der Waals surface area contributed by atoms with E-state index in [9.17, 15) is 8.42 Å². The van der Waals surface area contributed by atoms with Crippen LogP contribution in [0.25, 0.3) is 0 Å². The fourth-order valence-electron chi connectivity index (χ4n) is 2.41. The fraction of sp³-hybridized carbons (Fsp3) is 0.571. The van der Waals surface area contributed by atoms with Gasteiger partial charge in [0.25, 0.3) is 0 Å². The topological polar surface area (TPSA) is 67.4 Å². The number of nitrogens with one attached hydrogen (secondary N) is 2. The molecule has 6 heteroatoms. The minimum Gasteiger partial charge on any atom is -0.497 e. The van der Waals surface area contributed by atoms with Crippen LogP contribution in [0.3, 0.4) is 0 Å². The van der Waals surface area contributed by atoms with Gasteiger partial charge in [0.05, 0.1) is 12.9 Å². The van der Waals surface area contributed by atoms with Gasteiger partial charge in [0.1, 0.15) is 5.75 Å². The van der Waals surface area contributed by atoms with Crippen LogP contribution in [0.1, 0.15) is 18.4 Å². The number of ether oxygens (including phenoxy) is 1. The Balaban J connectivity index is 1.83. The molecule has 0 aromatic heterocycles. The van der Waals surface area contributed by atoms with E-state index in [0.29, 0.717) is 18.2 Å². The van der Waals surface area contributed by atoms with E-state index < -0.39 is 10.0 Å². The molecule has 1 saturated heterocycles. The number of sulfonamides is 1. The van der Waals surface area contributed by atoms with Crippen LogP contribution in [-0.4, -0.2) is 35.2 Å². The summed E-state index contributed by atoms with van der Waals surface area (Å²) < 4.78 is 31.8. The third-order valence-electron chi connectivity index (χ3n) is 3.53. The van der Waals surface area contributed by atoms with Crippen LogP contribution in [0.4, 0.5) is 0 Å². The maximum atomic E-state index is 12.0. The molecule has 0 aliphatic carbocycles. The Kier molecular flexibility index (Phi) is 5.39. The molecule has 2 rings (SSSR count). The van der Waals surface area contributed by atoms with Crippen LogP contribution >= 0.6 is 0 Å². The van der Waals surface area contributed by atoms with Gasteiger partial charge in [-0.1, -0.05) is 12.1 Å². The second-order valence-corrected chi connectivity index (χ2v) is 6.96. The number of rotatable bonds is 7. The molecule has 0 bridgehead atoms. The van der Waals surface area contributed by atoms with Crippen LogP contribution in [0.2, 0.25) is 0 Å². The normalized spacial score (nSPS) is 19.1. The maximum absolute atomic E-state index is 12.0.